The number of furan rings is 1. The summed E-state index contributed by atoms with van der Waals surface area (Å²) >= 11 is 5.81. The SMILES string of the molecule is O=C(NCc1ccnc(-c2ccco2)c1)c1ccc(Cl)cc1. The van der Waals surface area contributed by atoms with Crippen LogP contribution in [0.25, 0.3) is 11.5 Å². The van der Waals surface area contributed by atoms with E-state index in [1.165, 1.54) is 0 Å². The molecule has 1 N–H and O–H groups in total. The van der Waals surface area contributed by atoms with Crippen LogP contribution in [0.5, 0.6) is 0 Å². The fourth-order valence-electron chi connectivity index (χ4n) is 2.03. The monoisotopic (exact) mass is 312 g/mol. The number of hydrogen-bond acceptors (Lipinski definition) is 3. The van der Waals surface area contributed by atoms with Crippen molar-refractivity contribution in [2.24, 2.45) is 0 Å². The molecule has 3 aromatic rings. The van der Waals surface area contributed by atoms with Crippen molar-refractivity contribution in [2.45, 2.75) is 6.54 Å². The lowest BCUT2D eigenvalue weighted by molar-refractivity contribution is 0.0951. The van der Waals surface area contributed by atoms with E-state index in [0.717, 1.165) is 11.3 Å². The number of nitrogens with zero attached hydrogens (tertiary/aromatic N) is 1. The molecule has 0 fully saturated rings. The highest BCUT2D eigenvalue weighted by molar-refractivity contribution is 6.30. The van der Waals surface area contributed by atoms with Gasteiger partial charge >= 0.3 is 0 Å². The largest absolute Gasteiger partial charge is 0.463 e. The number of nitrogens with one attached hydrogen (secondary N) is 1. The smallest absolute Gasteiger partial charge is 0.251 e. The molecule has 5 heteroatoms. The van der Waals surface area contributed by atoms with Crippen LogP contribution in [0.1, 0.15) is 15.9 Å². The average Bonchev–Trinajstić information content (AvgIpc) is 3.08. The van der Waals surface area contributed by atoms with Crippen LogP contribution in [0.15, 0.2) is 65.4 Å². The van der Waals surface area contributed by atoms with Gasteiger partial charge in [0.05, 0.1) is 6.26 Å². The zero-order chi connectivity index (χ0) is 15.4. The van der Waals surface area contributed by atoms with Gasteiger partial charge in [0.1, 0.15) is 5.69 Å². The van der Waals surface area contributed by atoms with Crippen molar-refractivity contribution in [3.63, 3.8) is 0 Å². The van der Waals surface area contributed by atoms with E-state index in [0.29, 0.717) is 22.9 Å². The summed E-state index contributed by atoms with van der Waals surface area (Å²) in [4.78, 5) is 16.3. The van der Waals surface area contributed by atoms with E-state index in [2.05, 4.69) is 10.3 Å². The van der Waals surface area contributed by atoms with E-state index in [-0.39, 0.29) is 5.91 Å². The highest BCUT2D eigenvalue weighted by atomic mass is 35.5. The molecule has 2 heterocycles. The summed E-state index contributed by atoms with van der Waals surface area (Å²) in [6, 6.07) is 14.2. The first-order valence-corrected chi connectivity index (χ1v) is 7.13. The number of hydrogen-bond donors (Lipinski definition) is 1. The Morgan fingerprint density at radius 1 is 1.18 bits per heavy atom. The molecule has 0 saturated heterocycles. The number of rotatable bonds is 4. The van der Waals surface area contributed by atoms with Crippen LogP contribution < -0.4 is 5.32 Å². The van der Waals surface area contributed by atoms with Gasteiger partial charge in [-0.2, -0.15) is 0 Å². The summed E-state index contributed by atoms with van der Waals surface area (Å²) in [5.41, 5.74) is 2.26. The molecule has 0 unspecified atom stereocenters. The Labute approximate surface area is 132 Å². The number of halogens is 1. The van der Waals surface area contributed by atoms with Crippen LogP contribution in [0, 0.1) is 0 Å². The van der Waals surface area contributed by atoms with E-state index in [9.17, 15) is 4.79 Å². The van der Waals surface area contributed by atoms with Gasteiger partial charge in [-0.1, -0.05) is 11.6 Å². The predicted molar refractivity (Wildman–Crippen MR) is 84.6 cm³/mol. The number of carbonyl (C=O) groups excluding carboxylic acids is 1. The summed E-state index contributed by atoms with van der Waals surface area (Å²) in [5, 5.41) is 3.47. The first-order valence-electron chi connectivity index (χ1n) is 6.75. The highest BCUT2D eigenvalue weighted by Gasteiger charge is 2.07. The van der Waals surface area contributed by atoms with E-state index in [4.69, 9.17) is 16.0 Å². The molecule has 0 radical (unpaired) electrons. The summed E-state index contributed by atoms with van der Waals surface area (Å²) < 4.78 is 5.32. The summed E-state index contributed by atoms with van der Waals surface area (Å²) in [6.07, 6.45) is 3.30. The molecule has 0 atom stereocenters. The van der Waals surface area contributed by atoms with Crippen molar-refractivity contribution < 1.29 is 9.21 Å². The summed E-state index contributed by atoms with van der Waals surface area (Å²) in [5.74, 6) is 0.555. The van der Waals surface area contributed by atoms with Crippen LogP contribution in [0.4, 0.5) is 0 Å². The van der Waals surface area contributed by atoms with Gasteiger partial charge in [0.15, 0.2) is 5.76 Å². The molecule has 4 nitrogen and oxygen atoms in total. The third-order valence-corrected chi connectivity index (χ3v) is 3.41. The lowest BCUT2D eigenvalue weighted by Crippen LogP contribution is -2.22. The van der Waals surface area contributed by atoms with E-state index in [1.807, 2.05) is 24.3 Å². The number of benzene rings is 1. The predicted octanol–water partition coefficient (Wildman–Crippen LogP) is 3.93. The molecule has 0 spiro atoms. The first kappa shape index (κ1) is 14.4. The van der Waals surface area contributed by atoms with Gasteiger partial charge in [0, 0.05) is 23.3 Å². The Bertz CT molecular complexity index is 768. The molecular formula is C17H13ClN2O2. The lowest BCUT2D eigenvalue weighted by Gasteiger charge is -2.06. The van der Waals surface area contributed by atoms with E-state index < -0.39 is 0 Å². The Morgan fingerprint density at radius 3 is 2.73 bits per heavy atom. The second kappa shape index (κ2) is 6.45. The zero-order valence-corrected chi connectivity index (χ0v) is 12.4. The number of aromatic nitrogens is 1. The lowest BCUT2D eigenvalue weighted by atomic mass is 10.2. The van der Waals surface area contributed by atoms with Crippen molar-refractivity contribution in [3.8, 4) is 11.5 Å². The second-order valence-electron chi connectivity index (χ2n) is 4.72. The molecule has 0 aliphatic heterocycles. The standard InChI is InChI=1S/C17H13ClN2O2/c18-14-5-3-13(4-6-14)17(21)20-11-12-7-8-19-15(10-12)16-2-1-9-22-16/h1-10H,11H2,(H,20,21). The number of carbonyl (C=O) groups is 1. The topological polar surface area (TPSA) is 55.1 Å². The van der Waals surface area contributed by atoms with Gasteiger partial charge in [-0.05, 0) is 54.1 Å². The minimum Gasteiger partial charge on any atom is -0.463 e. The normalized spacial score (nSPS) is 10.4. The molecule has 1 amide bonds. The van der Waals surface area contributed by atoms with Crippen molar-refractivity contribution in [1.82, 2.24) is 10.3 Å². The van der Waals surface area contributed by atoms with E-state index in [1.54, 1.807) is 36.7 Å². The van der Waals surface area contributed by atoms with Gasteiger partial charge in [-0.3, -0.25) is 9.78 Å². The van der Waals surface area contributed by atoms with Crippen molar-refractivity contribution in [3.05, 3.63) is 77.1 Å². The molecule has 22 heavy (non-hydrogen) atoms. The molecular weight excluding hydrogens is 300 g/mol. The highest BCUT2D eigenvalue weighted by Crippen LogP contribution is 2.18. The minimum atomic E-state index is -0.145. The fourth-order valence-corrected chi connectivity index (χ4v) is 2.15. The Morgan fingerprint density at radius 2 is 2.00 bits per heavy atom. The molecule has 110 valence electrons. The van der Waals surface area contributed by atoms with Crippen molar-refractivity contribution in [1.29, 1.82) is 0 Å². The summed E-state index contributed by atoms with van der Waals surface area (Å²) in [6.45, 7) is 0.414. The minimum absolute atomic E-state index is 0.145. The fraction of sp³-hybridized carbons (Fsp3) is 0.0588. The number of amides is 1. The molecule has 3 rings (SSSR count). The van der Waals surface area contributed by atoms with Gasteiger partial charge in [0.25, 0.3) is 5.91 Å². The zero-order valence-electron chi connectivity index (χ0n) is 11.6. The maximum atomic E-state index is 12.1. The first-order chi connectivity index (χ1) is 10.7. The summed E-state index contributed by atoms with van der Waals surface area (Å²) in [7, 11) is 0. The van der Waals surface area contributed by atoms with Crippen LogP contribution >= 0.6 is 11.6 Å². The van der Waals surface area contributed by atoms with Gasteiger partial charge in [0.2, 0.25) is 0 Å². The van der Waals surface area contributed by atoms with E-state index >= 15 is 0 Å². The quantitative estimate of drug-likeness (QED) is 0.794. The number of pyridine rings is 1. The second-order valence-corrected chi connectivity index (χ2v) is 5.15. The van der Waals surface area contributed by atoms with Crippen molar-refractivity contribution in [2.75, 3.05) is 0 Å². The molecule has 0 bridgehead atoms. The maximum Gasteiger partial charge on any atom is 0.251 e. The van der Waals surface area contributed by atoms with Gasteiger partial charge < -0.3 is 9.73 Å². The molecule has 2 aromatic heterocycles. The van der Waals surface area contributed by atoms with Gasteiger partial charge in [-0.15, -0.1) is 0 Å². The van der Waals surface area contributed by atoms with Crippen LogP contribution in [0.2, 0.25) is 5.02 Å². The maximum absolute atomic E-state index is 12.1. The average molecular weight is 313 g/mol. The van der Waals surface area contributed by atoms with Crippen LogP contribution in [0.3, 0.4) is 0 Å². The third-order valence-electron chi connectivity index (χ3n) is 3.16. The Balaban J connectivity index is 1.67. The molecule has 0 aliphatic carbocycles. The Hall–Kier alpha value is -2.59. The van der Waals surface area contributed by atoms with Gasteiger partial charge in [-0.25, -0.2) is 0 Å². The molecule has 0 aliphatic rings. The Kier molecular flexibility index (Phi) is 4.21. The third kappa shape index (κ3) is 3.35. The van der Waals surface area contributed by atoms with Crippen LogP contribution in [-0.2, 0) is 6.54 Å². The molecule has 0 saturated carbocycles. The van der Waals surface area contributed by atoms with Crippen LogP contribution in [-0.4, -0.2) is 10.9 Å². The molecule has 1 aromatic carbocycles. The van der Waals surface area contributed by atoms with Crippen molar-refractivity contribution >= 4 is 17.5 Å².